The second kappa shape index (κ2) is 7.66. The summed E-state index contributed by atoms with van der Waals surface area (Å²) >= 11 is 0. The van der Waals surface area contributed by atoms with Gasteiger partial charge in [-0.15, -0.1) is 10.2 Å². The fourth-order valence-corrected chi connectivity index (χ4v) is 2.54. The molecular formula is C18H16N8O2. The predicted octanol–water partition coefficient (Wildman–Crippen LogP) is 0.440. The van der Waals surface area contributed by atoms with Crippen LogP contribution in [-0.4, -0.2) is 47.0 Å². The van der Waals surface area contributed by atoms with Crippen molar-refractivity contribution < 1.29 is 4.79 Å². The summed E-state index contributed by atoms with van der Waals surface area (Å²) in [5, 5.41) is 19.3. The van der Waals surface area contributed by atoms with E-state index in [0.717, 1.165) is 5.69 Å². The summed E-state index contributed by atoms with van der Waals surface area (Å²) in [5.41, 5.74) is 0.683. The van der Waals surface area contributed by atoms with Gasteiger partial charge in [0.1, 0.15) is 0 Å². The minimum atomic E-state index is -0.376. The van der Waals surface area contributed by atoms with Crippen molar-refractivity contribution in [2.45, 2.75) is 6.54 Å². The van der Waals surface area contributed by atoms with E-state index in [1.165, 1.54) is 21.7 Å². The molecule has 10 nitrogen and oxygen atoms in total. The first-order chi connectivity index (χ1) is 13.7. The fraction of sp³-hybridized carbons (Fsp3) is 0.111. The number of rotatable bonds is 6. The molecule has 0 aliphatic carbocycles. The van der Waals surface area contributed by atoms with Crippen LogP contribution in [0.15, 0.2) is 71.9 Å². The van der Waals surface area contributed by atoms with Crippen molar-refractivity contribution in [1.82, 2.24) is 39.9 Å². The Morgan fingerprint density at radius 1 is 1.00 bits per heavy atom. The molecule has 4 rings (SSSR count). The number of benzene rings is 1. The molecule has 28 heavy (non-hydrogen) atoms. The van der Waals surface area contributed by atoms with Crippen LogP contribution < -0.4 is 10.9 Å². The normalized spacial score (nSPS) is 10.7. The smallest absolute Gasteiger partial charge is 0.273 e. The number of amides is 1. The zero-order valence-corrected chi connectivity index (χ0v) is 14.7. The van der Waals surface area contributed by atoms with Crippen LogP contribution in [0.4, 0.5) is 0 Å². The Labute approximate surface area is 159 Å². The summed E-state index contributed by atoms with van der Waals surface area (Å²) in [6.45, 7) is 0.430. The summed E-state index contributed by atoms with van der Waals surface area (Å²) in [6.07, 6.45) is 4.75. The predicted molar refractivity (Wildman–Crippen MR) is 99.3 cm³/mol. The molecule has 0 aliphatic heterocycles. The monoisotopic (exact) mass is 376 g/mol. The lowest BCUT2D eigenvalue weighted by Crippen LogP contribution is -2.32. The fourth-order valence-electron chi connectivity index (χ4n) is 2.54. The van der Waals surface area contributed by atoms with Crippen molar-refractivity contribution in [3.05, 3.63) is 83.2 Å². The van der Waals surface area contributed by atoms with Gasteiger partial charge in [-0.25, -0.2) is 9.36 Å². The van der Waals surface area contributed by atoms with E-state index in [9.17, 15) is 9.59 Å². The van der Waals surface area contributed by atoms with Crippen molar-refractivity contribution in [3.8, 4) is 11.5 Å². The summed E-state index contributed by atoms with van der Waals surface area (Å²) in [4.78, 5) is 25.6. The topological polar surface area (TPSA) is 113 Å². The van der Waals surface area contributed by atoms with Gasteiger partial charge in [-0.1, -0.05) is 18.2 Å². The number of nitrogens with one attached hydrogen (secondary N) is 1. The van der Waals surface area contributed by atoms with Gasteiger partial charge in [0.05, 0.1) is 18.4 Å². The van der Waals surface area contributed by atoms with E-state index in [4.69, 9.17) is 0 Å². The van der Waals surface area contributed by atoms with E-state index in [0.29, 0.717) is 5.82 Å². The standard InChI is InChI=1S/C18H16N8O2/c27-17-8-7-16(24-11-4-9-20-24)23-25(17)12-10-19-18(28)15-13-21-26(22-15)14-5-2-1-3-6-14/h1-9,11,13H,10,12H2,(H,19,28). The van der Waals surface area contributed by atoms with Gasteiger partial charge in [0.25, 0.3) is 11.5 Å². The van der Waals surface area contributed by atoms with Crippen LogP contribution in [0.3, 0.4) is 0 Å². The highest BCUT2D eigenvalue weighted by atomic mass is 16.2. The van der Waals surface area contributed by atoms with Crippen molar-refractivity contribution in [2.75, 3.05) is 6.54 Å². The van der Waals surface area contributed by atoms with Crippen LogP contribution in [0, 0.1) is 0 Å². The zero-order chi connectivity index (χ0) is 19.3. The molecule has 0 bridgehead atoms. The van der Waals surface area contributed by atoms with Crippen LogP contribution in [0.1, 0.15) is 10.5 Å². The summed E-state index contributed by atoms with van der Waals surface area (Å²) in [6, 6.07) is 14.1. The van der Waals surface area contributed by atoms with Gasteiger partial charge in [-0.2, -0.15) is 15.0 Å². The van der Waals surface area contributed by atoms with Gasteiger partial charge in [0.2, 0.25) is 0 Å². The Morgan fingerprint density at radius 2 is 1.86 bits per heavy atom. The van der Waals surface area contributed by atoms with Gasteiger partial charge in [0, 0.05) is 25.0 Å². The van der Waals surface area contributed by atoms with E-state index < -0.39 is 0 Å². The van der Waals surface area contributed by atoms with Crippen molar-refractivity contribution in [2.24, 2.45) is 0 Å². The van der Waals surface area contributed by atoms with Gasteiger partial charge in [-0.05, 0) is 24.3 Å². The Balaban J connectivity index is 1.39. The van der Waals surface area contributed by atoms with Crippen molar-refractivity contribution >= 4 is 5.91 Å². The molecule has 3 heterocycles. The molecular weight excluding hydrogens is 360 g/mol. The molecule has 10 heteroatoms. The first kappa shape index (κ1) is 17.3. The largest absolute Gasteiger partial charge is 0.349 e. The average molecular weight is 376 g/mol. The Morgan fingerprint density at radius 3 is 2.64 bits per heavy atom. The first-order valence-electron chi connectivity index (χ1n) is 8.55. The number of carbonyl (C=O) groups is 1. The van der Waals surface area contributed by atoms with Crippen LogP contribution in [0.25, 0.3) is 11.5 Å². The molecule has 140 valence electrons. The molecule has 1 aromatic carbocycles. The van der Waals surface area contributed by atoms with Crippen LogP contribution >= 0.6 is 0 Å². The molecule has 0 fully saturated rings. The van der Waals surface area contributed by atoms with E-state index in [-0.39, 0.29) is 30.2 Å². The summed E-state index contributed by atoms with van der Waals surface area (Å²) in [7, 11) is 0. The molecule has 0 saturated heterocycles. The lowest BCUT2D eigenvalue weighted by Gasteiger charge is -2.07. The highest BCUT2D eigenvalue weighted by Gasteiger charge is 2.11. The highest BCUT2D eigenvalue weighted by molar-refractivity contribution is 5.91. The summed E-state index contributed by atoms with van der Waals surface area (Å²) in [5.74, 6) is 0.139. The zero-order valence-electron chi connectivity index (χ0n) is 14.7. The van der Waals surface area contributed by atoms with E-state index in [1.54, 1.807) is 29.2 Å². The number of nitrogens with zero attached hydrogens (tertiary/aromatic N) is 7. The number of carbonyl (C=O) groups excluding carboxylic acids is 1. The lowest BCUT2D eigenvalue weighted by molar-refractivity contribution is 0.0946. The molecule has 0 saturated carbocycles. The molecule has 3 aromatic heterocycles. The minimum Gasteiger partial charge on any atom is -0.349 e. The third-order valence-electron chi connectivity index (χ3n) is 3.91. The SMILES string of the molecule is O=C(NCCn1nc(-n2cccn2)ccc1=O)c1cnn(-c2ccccc2)n1. The third kappa shape index (κ3) is 3.70. The maximum Gasteiger partial charge on any atom is 0.273 e. The average Bonchev–Trinajstić information content (AvgIpc) is 3.42. The van der Waals surface area contributed by atoms with Crippen LogP contribution in [0.2, 0.25) is 0 Å². The van der Waals surface area contributed by atoms with E-state index >= 15 is 0 Å². The van der Waals surface area contributed by atoms with Gasteiger partial charge < -0.3 is 5.32 Å². The molecule has 4 aromatic rings. The van der Waals surface area contributed by atoms with Gasteiger partial charge in [-0.3, -0.25) is 9.59 Å². The van der Waals surface area contributed by atoms with Crippen molar-refractivity contribution in [3.63, 3.8) is 0 Å². The highest BCUT2D eigenvalue weighted by Crippen LogP contribution is 2.04. The minimum absolute atomic E-state index is 0.189. The van der Waals surface area contributed by atoms with Gasteiger partial charge in [0.15, 0.2) is 11.5 Å². The number of hydrogen-bond donors (Lipinski definition) is 1. The molecule has 0 atom stereocenters. The maximum atomic E-state index is 12.3. The first-order valence-corrected chi connectivity index (χ1v) is 8.55. The maximum absolute atomic E-state index is 12.3. The number of hydrogen-bond acceptors (Lipinski definition) is 6. The molecule has 0 aliphatic rings. The molecule has 1 amide bonds. The second-order valence-corrected chi connectivity index (χ2v) is 5.81. The molecule has 0 unspecified atom stereocenters. The Bertz CT molecular complexity index is 1130. The molecule has 0 radical (unpaired) electrons. The Kier molecular flexibility index (Phi) is 4.74. The second-order valence-electron chi connectivity index (χ2n) is 5.81. The Hall–Kier alpha value is -4.08. The number of aromatic nitrogens is 7. The number of para-hydroxylation sites is 1. The van der Waals surface area contributed by atoms with E-state index in [2.05, 4.69) is 25.7 Å². The van der Waals surface area contributed by atoms with Crippen LogP contribution in [-0.2, 0) is 6.54 Å². The lowest BCUT2D eigenvalue weighted by atomic mass is 10.3. The molecule has 1 N–H and O–H groups in total. The molecule has 0 spiro atoms. The van der Waals surface area contributed by atoms with Crippen LogP contribution in [0.5, 0.6) is 0 Å². The van der Waals surface area contributed by atoms with Gasteiger partial charge >= 0.3 is 0 Å². The van der Waals surface area contributed by atoms with E-state index in [1.807, 2.05) is 30.3 Å². The van der Waals surface area contributed by atoms with Crippen molar-refractivity contribution in [1.29, 1.82) is 0 Å². The third-order valence-corrected chi connectivity index (χ3v) is 3.91. The summed E-state index contributed by atoms with van der Waals surface area (Å²) < 4.78 is 2.83. The quantitative estimate of drug-likeness (QED) is 0.522.